The molecule has 1 aromatic rings. The molecule has 5 atom stereocenters. The van der Waals surface area contributed by atoms with Gasteiger partial charge in [-0.25, -0.2) is 0 Å². The molecule has 3 N–H and O–H groups in total. The Kier molecular flexibility index (Phi) is 7.67. The summed E-state index contributed by atoms with van der Waals surface area (Å²) in [5, 5.41) is 24.5. The molecular weight excluding hydrogens is 370 g/mol. The molecule has 1 aromatic carbocycles. The highest BCUT2D eigenvalue weighted by Crippen LogP contribution is 2.50. The van der Waals surface area contributed by atoms with Crippen molar-refractivity contribution in [3.8, 4) is 0 Å². The van der Waals surface area contributed by atoms with E-state index in [4.69, 9.17) is 0 Å². The monoisotopic (exact) mass is 409 g/mol. The predicted octanol–water partition coefficient (Wildman–Crippen LogP) is 5.71. The molecule has 0 spiro atoms. The number of aliphatic hydroxyl groups is 2. The first-order valence-electron chi connectivity index (χ1n) is 12.2. The third-order valence-corrected chi connectivity index (χ3v) is 7.69. The second kappa shape index (κ2) is 10.6. The van der Waals surface area contributed by atoms with Crippen LogP contribution in [0.25, 0.3) is 0 Å². The molecule has 3 heteroatoms. The van der Waals surface area contributed by atoms with Gasteiger partial charge in [-0.1, -0.05) is 54.8 Å². The largest absolute Gasteiger partial charge is 0.392 e. The van der Waals surface area contributed by atoms with E-state index < -0.39 is 0 Å². The summed E-state index contributed by atoms with van der Waals surface area (Å²) in [5.41, 5.74) is 2.80. The number of allylic oxidation sites excluding steroid dienone is 2. The molecule has 4 rings (SSSR count). The lowest BCUT2D eigenvalue weighted by Gasteiger charge is -2.19. The van der Waals surface area contributed by atoms with Crippen LogP contribution in [0, 0.1) is 23.7 Å². The SMILES string of the molecule is O[C@H](C=C[C@@H]1[C@H]2CC(=CCCCCNc3ccccc3)C[C@H]2C[C@H]1O)C1CCCC1. The molecule has 0 heterocycles. The average Bonchev–Trinajstić information content (AvgIpc) is 3.47. The average molecular weight is 410 g/mol. The van der Waals surface area contributed by atoms with Crippen LogP contribution in [0.3, 0.4) is 0 Å². The van der Waals surface area contributed by atoms with Crippen molar-refractivity contribution >= 4 is 5.69 Å². The van der Waals surface area contributed by atoms with E-state index in [1.54, 1.807) is 5.57 Å². The highest BCUT2D eigenvalue weighted by atomic mass is 16.3. The van der Waals surface area contributed by atoms with Crippen molar-refractivity contribution in [2.75, 3.05) is 11.9 Å². The van der Waals surface area contributed by atoms with Gasteiger partial charge in [0.05, 0.1) is 12.2 Å². The van der Waals surface area contributed by atoms with Crippen LogP contribution < -0.4 is 5.32 Å². The van der Waals surface area contributed by atoms with Gasteiger partial charge in [-0.15, -0.1) is 0 Å². The number of aliphatic hydroxyl groups excluding tert-OH is 2. The molecule has 3 aliphatic carbocycles. The highest BCUT2D eigenvalue weighted by Gasteiger charge is 2.45. The van der Waals surface area contributed by atoms with Crippen molar-refractivity contribution in [2.24, 2.45) is 23.7 Å². The molecule has 0 aromatic heterocycles. The Hall–Kier alpha value is -1.58. The van der Waals surface area contributed by atoms with E-state index in [9.17, 15) is 10.2 Å². The minimum atomic E-state index is -0.320. The molecule has 0 aliphatic heterocycles. The second-order valence-electron chi connectivity index (χ2n) is 9.78. The van der Waals surface area contributed by atoms with Gasteiger partial charge in [0.25, 0.3) is 0 Å². The van der Waals surface area contributed by atoms with E-state index in [1.807, 2.05) is 12.1 Å². The standard InChI is InChI=1S/C27H39NO2/c29-26(21-10-6-7-11-21)15-14-24-25-18-20(17-22(25)19-27(24)30)9-3-2-8-16-28-23-12-4-1-5-13-23/h1,4-5,9,12-15,21-22,24-30H,2-3,6-8,10-11,16-19H2/t22-,24+,25-,26+,27+/m0/s1. The number of nitrogens with one attached hydrogen (secondary N) is 1. The van der Waals surface area contributed by atoms with Crippen LogP contribution in [0.4, 0.5) is 5.69 Å². The van der Waals surface area contributed by atoms with Crippen LogP contribution in [0.1, 0.15) is 64.2 Å². The third-order valence-electron chi connectivity index (χ3n) is 7.69. The number of para-hydroxylation sites is 1. The van der Waals surface area contributed by atoms with Gasteiger partial charge in [0.15, 0.2) is 0 Å². The van der Waals surface area contributed by atoms with Gasteiger partial charge in [-0.05, 0) is 81.3 Å². The van der Waals surface area contributed by atoms with Gasteiger partial charge in [-0.3, -0.25) is 0 Å². The summed E-state index contributed by atoms with van der Waals surface area (Å²) in [4.78, 5) is 0. The molecule has 0 unspecified atom stereocenters. The van der Waals surface area contributed by atoms with E-state index in [0.29, 0.717) is 17.8 Å². The zero-order valence-corrected chi connectivity index (χ0v) is 18.3. The summed E-state index contributed by atoms with van der Waals surface area (Å²) in [6, 6.07) is 10.4. The van der Waals surface area contributed by atoms with Crippen LogP contribution >= 0.6 is 0 Å². The first-order chi connectivity index (χ1) is 14.7. The summed E-state index contributed by atoms with van der Waals surface area (Å²) in [5.74, 6) is 1.86. The molecule has 3 fully saturated rings. The Morgan fingerprint density at radius 2 is 1.87 bits per heavy atom. The maximum Gasteiger partial charge on any atom is 0.0749 e. The van der Waals surface area contributed by atoms with Crippen molar-refractivity contribution in [2.45, 2.75) is 76.4 Å². The molecule has 0 amide bonds. The Bertz CT molecular complexity index is 707. The van der Waals surface area contributed by atoms with Gasteiger partial charge in [0.2, 0.25) is 0 Å². The number of anilines is 1. The molecule has 164 valence electrons. The Balaban J connectivity index is 1.19. The van der Waals surface area contributed by atoms with E-state index in [-0.39, 0.29) is 18.1 Å². The van der Waals surface area contributed by atoms with E-state index in [2.05, 4.69) is 41.7 Å². The number of unbranched alkanes of at least 4 members (excludes halogenated alkanes) is 2. The molecule has 0 bridgehead atoms. The fraction of sp³-hybridized carbons (Fsp3) is 0.630. The second-order valence-corrected chi connectivity index (χ2v) is 9.78. The summed E-state index contributed by atoms with van der Waals surface area (Å²) < 4.78 is 0. The van der Waals surface area contributed by atoms with Gasteiger partial charge >= 0.3 is 0 Å². The molecular formula is C27H39NO2. The number of benzene rings is 1. The van der Waals surface area contributed by atoms with Crippen LogP contribution in [0.15, 0.2) is 54.1 Å². The smallest absolute Gasteiger partial charge is 0.0749 e. The van der Waals surface area contributed by atoms with Crippen LogP contribution in [0.2, 0.25) is 0 Å². The van der Waals surface area contributed by atoms with Gasteiger partial charge in [0, 0.05) is 18.2 Å². The number of hydrogen-bond acceptors (Lipinski definition) is 3. The topological polar surface area (TPSA) is 52.5 Å². The number of fused-ring (bicyclic) bond motifs is 1. The lowest BCUT2D eigenvalue weighted by Crippen LogP contribution is -2.19. The van der Waals surface area contributed by atoms with Crippen molar-refractivity contribution in [3.05, 3.63) is 54.1 Å². The molecule has 0 radical (unpaired) electrons. The Morgan fingerprint density at radius 3 is 2.67 bits per heavy atom. The molecule has 3 nitrogen and oxygen atoms in total. The minimum Gasteiger partial charge on any atom is -0.392 e. The van der Waals surface area contributed by atoms with Crippen LogP contribution in [0.5, 0.6) is 0 Å². The van der Waals surface area contributed by atoms with Crippen molar-refractivity contribution < 1.29 is 10.2 Å². The molecule has 3 aliphatic rings. The van der Waals surface area contributed by atoms with Gasteiger partial charge in [0.1, 0.15) is 0 Å². The van der Waals surface area contributed by atoms with Crippen molar-refractivity contribution in [1.82, 2.24) is 0 Å². The quantitative estimate of drug-likeness (QED) is 0.362. The first-order valence-corrected chi connectivity index (χ1v) is 12.2. The fourth-order valence-electron chi connectivity index (χ4n) is 6.00. The van der Waals surface area contributed by atoms with E-state index in [1.165, 1.54) is 37.8 Å². The normalized spacial score (nSPS) is 31.6. The zero-order valence-electron chi connectivity index (χ0n) is 18.3. The van der Waals surface area contributed by atoms with Crippen molar-refractivity contribution in [3.63, 3.8) is 0 Å². The Morgan fingerprint density at radius 1 is 1.07 bits per heavy atom. The highest BCUT2D eigenvalue weighted by molar-refractivity contribution is 5.42. The molecule has 3 saturated carbocycles. The summed E-state index contributed by atoms with van der Waals surface area (Å²) in [6.45, 7) is 1.03. The van der Waals surface area contributed by atoms with Crippen LogP contribution in [-0.4, -0.2) is 29.0 Å². The van der Waals surface area contributed by atoms with E-state index >= 15 is 0 Å². The van der Waals surface area contributed by atoms with E-state index in [0.717, 1.165) is 38.6 Å². The summed E-state index contributed by atoms with van der Waals surface area (Å²) in [6.07, 6.45) is 17.7. The number of rotatable bonds is 9. The third kappa shape index (κ3) is 5.56. The van der Waals surface area contributed by atoms with Crippen molar-refractivity contribution in [1.29, 1.82) is 0 Å². The summed E-state index contributed by atoms with van der Waals surface area (Å²) in [7, 11) is 0. The maximum atomic E-state index is 10.6. The molecule has 0 saturated heterocycles. The maximum absolute atomic E-state index is 10.6. The van der Waals surface area contributed by atoms with Crippen LogP contribution in [-0.2, 0) is 0 Å². The molecule has 30 heavy (non-hydrogen) atoms. The number of hydrogen-bond donors (Lipinski definition) is 3. The van der Waals surface area contributed by atoms with Gasteiger partial charge in [-0.2, -0.15) is 0 Å². The lowest BCUT2D eigenvalue weighted by molar-refractivity contribution is 0.135. The van der Waals surface area contributed by atoms with Gasteiger partial charge < -0.3 is 15.5 Å². The first kappa shape index (κ1) is 21.6. The Labute approximate surface area is 182 Å². The lowest BCUT2D eigenvalue weighted by atomic mass is 9.89. The minimum absolute atomic E-state index is 0.224. The zero-order chi connectivity index (χ0) is 20.8. The summed E-state index contributed by atoms with van der Waals surface area (Å²) >= 11 is 0. The predicted molar refractivity (Wildman–Crippen MR) is 124 cm³/mol. The fourth-order valence-corrected chi connectivity index (χ4v) is 6.00.